The molecule has 0 spiro atoms. The minimum absolute atomic E-state index is 0.604. The summed E-state index contributed by atoms with van der Waals surface area (Å²) in [6.45, 7) is 1.73. The third-order valence-electron chi connectivity index (χ3n) is 6.23. The van der Waals surface area contributed by atoms with Gasteiger partial charge >= 0.3 is 0 Å². The third kappa shape index (κ3) is 3.27. The van der Waals surface area contributed by atoms with E-state index in [1.54, 1.807) is 0 Å². The molecular formula is C26H22N4O. The van der Waals surface area contributed by atoms with E-state index in [2.05, 4.69) is 46.6 Å². The molecule has 0 atom stereocenters. The van der Waals surface area contributed by atoms with Crippen molar-refractivity contribution in [2.24, 2.45) is 0 Å². The summed E-state index contributed by atoms with van der Waals surface area (Å²) in [4.78, 5) is 9.25. The van der Waals surface area contributed by atoms with E-state index >= 15 is 0 Å². The van der Waals surface area contributed by atoms with Gasteiger partial charge in [0.05, 0.1) is 11.7 Å². The molecular weight excluding hydrogens is 384 g/mol. The zero-order chi connectivity index (χ0) is 20.6. The summed E-state index contributed by atoms with van der Waals surface area (Å²) < 4.78 is 7.36. The lowest BCUT2D eigenvalue weighted by Gasteiger charge is -2.22. The van der Waals surface area contributed by atoms with Crippen molar-refractivity contribution in [2.75, 3.05) is 13.2 Å². The maximum absolute atomic E-state index is 5.49. The lowest BCUT2D eigenvalue weighted by molar-refractivity contribution is 0.0853. The Morgan fingerprint density at radius 3 is 2.52 bits per heavy atom. The first-order valence-electron chi connectivity index (χ1n) is 10.7. The van der Waals surface area contributed by atoms with E-state index in [9.17, 15) is 0 Å². The molecule has 0 N–H and O–H groups in total. The fourth-order valence-electron chi connectivity index (χ4n) is 4.52. The molecule has 6 rings (SSSR count). The molecule has 0 unspecified atom stereocenters. The van der Waals surface area contributed by atoms with E-state index in [1.807, 2.05) is 47.4 Å². The summed E-state index contributed by atoms with van der Waals surface area (Å²) in [6, 6.07) is 19.1. The van der Waals surface area contributed by atoms with Gasteiger partial charge in [-0.1, -0.05) is 42.5 Å². The summed E-state index contributed by atoms with van der Waals surface area (Å²) in [5.41, 5.74) is 7.53. The normalized spacial score (nSPS) is 15.0. The van der Waals surface area contributed by atoms with E-state index in [-0.39, 0.29) is 0 Å². The number of hydrogen-bond acceptors (Lipinski definition) is 4. The van der Waals surface area contributed by atoms with Crippen molar-refractivity contribution in [1.29, 1.82) is 0 Å². The predicted octanol–water partition coefficient (Wildman–Crippen LogP) is 5.51. The SMILES string of the molecule is c1ccc2c(-c3cnn4cc(-c5ccc(C6CCOCC6)cc5)cnc34)ccnc2c1. The van der Waals surface area contributed by atoms with E-state index in [4.69, 9.17) is 9.72 Å². The molecule has 5 nitrogen and oxygen atoms in total. The standard InChI is InChI=1S/C26H22N4O/c1-2-4-25-23(3-1)22(9-12-27-25)24-16-29-30-17-21(15-28-26(24)30)19-7-5-18(6-8-19)20-10-13-31-14-11-20/h1-9,12,15-17,20H,10-11,13-14H2. The van der Waals surface area contributed by atoms with E-state index < -0.39 is 0 Å². The molecule has 0 amide bonds. The van der Waals surface area contributed by atoms with Gasteiger partial charge in [0.25, 0.3) is 0 Å². The Bertz CT molecular complexity index is 1360. The highest BCUT2D eigenvalue weighted by Crippen LogP contribution is 2.32. The number of rotatable bonds is 3. The Morgan fingerprint density at radius 2 is 1.65 bits per heavy atom. The van der Waals surface area contributed by atoms with E-state index in [1.165, 1.54) is 5.56 Å². The van der Waals surface area contributed by atoms with Gasteiger partial charge in [0.2, 0.25) is 0 Å². The van der Waals surface area contributed by atoms with E-state index in [0.717, 1.165) is 64.9 Å². The molecule has 152 valence electrons. The maximum Gasteiger partial charge on any atom is 0.162 e. The quantitative estimate of drug-likeness (QED) is 0.397. The molecule has 5 heteroatoms. The monoisotopic (exact) mass is 406 g/mol. The summed E-state index contributed by atoms with van der Waals surface area (Å²) in [5.74, 6) is 0.604. The lowest BCUT2D eigenvalue weighted by atomic mass is 9.91. The Labute approximate surface area is 180 Å². The Hall–Kier alpha value is -3.57. The largest absolute Gasteiger partial charge is 0.381 e. The van der Waals surface area contributed by atoms with Crippen molar-refractivity contribution in [3.8, 4) is 22.3 Å². The van der Waals surface area contributed by atoms with E-state index in [0.29, 0.717) is 5.92 Å². The lowest BCUT2D eigenvalue weighted by Crippen LogP contribution is -2.13. The first-order chi connectivity index (χ1) is 15.4. The number of aromatic nitrogens is 4. The van der Waals surface area contributed by atoms with Crippen molar-refractivity contribution in [1.82, 2.24) is 19.6 Å². The number of nitrogens with zero attached hydrogens (tertiary/aromatic N) is 4. The highest BCUT2D eigenvalue weighted by Gasteiger charge is 2.16. The fourth-order valence-corrected chi connectivity index (χ4v) is 4.52. The molecule has 1 aliphatic heterocycles. The molecule has 0 bridgehead atoms. The first kappa shape index (κ1) is 18.2. The van der Waals surface area contributed by atoms with Gasteiger partial charge in [-0.2, -0.15) is 5.10 Å². The van der Waals surface area contributed by atoms with Crippen LogP contribution < -0.4 is 0 Å². The first-order valence-corrected chi connectivity index (χ1v) is 10.7. The van der Waals surface area contributed by atoms with Crippen LogP contribution in [0.1, 0.15) is 24.3 Å². The van der Waals surface area contributed by atoms with Crippen LogP contribution in [-0.2, 0) is 4.74 Å². The average Bonchev–Trinajstić information content (AvgIpc) is 3.27. The smallest absolute Gasteiger partial charge is 0.162 e. The number of para-hydroxylation sites is 1. The molecule has 0 saturated carbocycles. The molecule has 0 radical (unpaired) electrons. The molecule has 0 aliphatic carbocycles. The Morgan fingerprint density at radius 1 is 0.806 bits per heavy atom. The summed E-state index contributed by atoms with van der Waals surface area (Å²) in [5, 5.41) is 5.70. The summed E-state index contributed by atoms with van der Waals surface area (Å²) in [7, 11) is 0. The van der Waals surface area contributed by atoms with Crippen LogP contribution in [0.5, 0.6) is 0 Å². The number of fused-ring (bicyclic) bond motifs is 2. The second-order valence-electron chi connectivity index (χ2n) is 8.05. The van der Waals surface area contributed by atoms with Gasteiger partial charge in [-0.25, -0.2) is 9.50 Å². The minimum atomic E-state index is 0.604. The summed E-state index contributed by atoms with van der Waals surface area (Å²) in [6.07, 6.45) is 9.93. The van der Waals surface area contributed by atoms with Gasteiger partial charge in [-0.15, -0.1) is 0 Å². The van der Waals surface area contributed by atoms with Crippen LogP contribution in [-0.4, -0.2) is 32.8 Å². The molecule has 3 aromatic heterocycles. The Balaban J connectivity index is 1.36. The minimum Gasteiger partial charge on any atom is -0.381 e. The molecule has 1 fully saturated rings. The Kier molecular flexibility index (Phi) is 4.47. The number of benzene rings is 2. The van der Waals surface area contributed by atoms with Gasteiger partial charge in [0, 0.05) is 48.3 Å². The molecule has 31 heavy (non-hydrogen) atoms. The second kappa shape index (κ2) is 7.60. The van der Waals surface area contributed by atoms with Gasteiger partial charge < -0.3 is 4.74 Å². The summed E-state index contributed by atoms with van der Waals surface area (Å²) >= 11 is 0. The van der Waals surface area contributed by atoms with Crippen molar-refractivity contribution >= 4 is 16.6 Å². The van der Waals surface area contributed by atoms with Crippen LogP contribution in [0.3, 0.4) is 0 Å². The molecule has 5 aromatic rings. The van der Waals surface area contributed by atoms with Gasteiger partial charge in [-0.3, -0.25) is 4.98 Å². The third-order valence-corrected chi connectivity index (χ3v) is 6.23. The van der Waals surface area contributed by atoms with Crippen LogP contribution in [0.25, 0.3) is 38.8 Å². The zero-order valence-electron chi connectivity index (χ0n) is 17.1. The fraction of sp³-hybridized carbons (Fsp3) is 0.192. The van der Waals surface area contributed by atoms with Crippen LogP contribution >= 0.6 is 0 Å². The van der Waals surface area contributed by atoms with Crippen molar-refractivity contribution in [2.45, 2.75) is 18.8 Å². The van der Waals surface area contributed by atoms with Crippen molar-refractivity contribution in [3.63, 3.8) is 0 Å². The van der Waals surface area contributed by atoms with Crippen LogP contribution in [0.15, 0.2) is 79.4 Å². The second-order valence-corrected chi connectivity index (χ2v) is 8.05. The molecule has 2 aromatic carbocycles. The highest BCUT2D eigenvalue weighted by molar-refractivity contribution is 5.97. The van der Waals surface area contributed by atoms with Crippen LogP contribution in [0.2, 0.25) is 0 Å². The van der Waals surface area contributed by atoms with Crippen LogP contribution in [0.4, 0.5) is 0 Å². The topological polar surface area (TPSA) is 52.3 Å². The van der Waals surface area contributed by atoms with Gasteiger partial charge in [-0.05, 0) is 47.6 Å². The van der Waals surface area contributed by atoms with Crippen LogP contribution in [0, 0.1) is 0 Å². The zero-order valence-corrected chi connectivity index (χ0v) is 17.1. The maximum atomic E-state index is 5.49. The number of pyridine rings is 1. The molecule has 4 heterocycles. The average molecular weight is 406 g/mol. The van der Waals surface area contributed by atoms with Gasteiger partial charge in [0.15, 0.2) is 5.65 Å². The number of ether oxygens (including phenoxy) is 1. The number of hydrogen-bond donors (Lipinski definition) is 0. The van der Waals surface area contributed by atoms with Crippen molar-refractivity contribution < 1.29 is 4.74 Å². The highest BCUT2D eigenvalue weighted by atomic mass is 16.5. The van der Waals surface area contributed by atoms with Gasteiger partial charge in [0.1, 0.15) is 0 Å². The molecule has 1 saturated heterocycles. The molecule has 1 aliphatic rings. The van der Waals surface area contributed by atoms with Crippen molar-refractivity contribution in [3.05, 3.63) is 84.9 Å². The predicted molar refractivity (Wildman–Crippen MR) is 122 cm³/mol.